The van der Waals surface area contributed by atoms with Crippen LogP contribution in [0, 0.1) is 6.92 Å². The van der Waals surface area contributed by atoms with Crippen LogP contribution in [0.2, 0.25) is 0 Å². The topological polar surface area (TPSA) is 30.0 Å². The predicted molar refractivity (Wildman–Crippen MR) is 39.2 cm³/mol. The van der Waals surface area contributed by atoms with Gasteiger partial charge in [-0.15, -0.1) is 0 Å². The minimum absolute atomic E-state index is 0.298. The van der Waals surface area contributed by atoms with Gasteiger partial charge in [0, 0.05) is 6.20 Å². The van der Waals surface area contributed by atoms with Crippen LogP contribution in [0.5, 0.6) is 0 Å². The second-order valence-corrected chi connectivity index (χ2v) is 2.34. The molecule has 0 aliphatic heterocycles. The van der Waals surface area contributed by atoms with E-state index in [1.807, 2.05) is 6.92 Å². The van der Waals surface area contributed by atoms with Crippen molar-refractivity contribution in [3.63, 3.8) is 0 Å². The molecule has 0 saturated carbocycles. The molecule has 0 aliphatic carbocycles. The van der Waals surface area contributed by atoms with E-state index < -0.39 is 5.24 Å². The molecule has 1 rings (SSSR count). The molecule has 0 radical (unpaired) electrons. The molecule has 0 saturated heterocycles. The second kappa shape index (κ2) is 2.80. The van der Waals surface area contributed by atoms with Crippen LogP contribution in [0.15, 0.2) is 18.3 Å². The molecule has 52 valence electrons. The lowest BCUT2D eigenvalue weighted by Crippen LogP contribution is -1.92. The van der Waals surface area contributed by atoms with Crippen LogP contribution in [0.1, 0.15) is 16.1 Å². The van der Waals surface area contributed by atoms with E-state index in [0.29, 0.717) is 5.69 Å². The smallest absolute Gasteiger partial charge is 0.270 e. The zero-order valence-electron chi connectivity index (χ0n) is 5.47. The van der Waals surface area contributed by atoms with Crippen molar-refractivity contribution in [1.29, 1.82) is 0 Å². The molecule has 0 fully saturated rings. The molecule has 1 aromatic rings. The Kier molecular flexibility index (Phi) is 2.02. The zero-order chi connectivity index (χ0) is 7.56. The summed E-state index contributed by atoms with van der Waals surface area (Å²) in [5, 5.41) is -0.514. The fraction of sp³-hybridized carbons (Fsp3) is 0.143. The molecule has 0 aliphatic rings. The van der Waals surface area contributed by atoms with Crippen LogP contribution in [0.3, 0.4) is 0 Å². The van der Waals surface area contributed by atoms with E-state index in [0.717, 1.165) is 5.56 Å². The summed E-state index contributed by atoms with van der Waals surface area (Å²) in [6, 6.07) is 3.40. The Morgan fingerprint density at radius 1 is 1.60 bits per heavy atom. The van der Waals surface area contributed by atoms with E-state index in [1.165, 1.54) is 0 Å². The lowest BCUT2D eigenvalue weighted by molar-refractivity contribution is 0.107. The number of pyridine rings is 1. The van der Waals surface area contributed by atoms with Crippen LogP contribution in [-0.2, 0) is 0 Å². The minimum atomic E-state index is -0.514. The SMILES string of the molecule is Cc1ccc(C(=O)Cl)nc1. The first kappa shape index (κ1) is 7.22. The molecule has 0 bridgehead atoms. The Labute approximate surface area is 63.8 Å². The average molecular weight is 156 g/mol. The van der Waals surface area contributed by atoms with E-state index in [1.54, 1.807) is 18.3 Å². The Morgan fingerprint density at radius 3 is 2.70 bits per heavy atom. The predicted octanol–water partition coefficient (Wildman–Crippen LogP) is 1.77. The number of aryl methyl sites for hydroxylation is 1. The van der Waals surface area contributed by atoms with Crippen molar-refractivity contribution in [2.45, 2.75) is 6.92 Å². The van der Waals surface area contributed by atoms with Crippen molar-refractivity contribution in [1.82, 2.24) is 4.98 Å². The number of carbonyl (C=O) groups is 1. The quantitative estimate of drug-likeness (QED) is 0.579. The third-order valence-corrected chi connectivity index (χ3v) is 1.31. The van der Waals surface area contributed by atoms with Gasteiger partial charge in [-0.3, -0.25) is 9.78 Å². The van der Waals surface area contributed by atoms with Gasteiger partial charge in [-0.2, -0.15) is 0 Å². The Hall–Kier alpha value is -0.890. The van der Waals surface area contributed by atoms with Crippen LogP contribution in [-0.4, -0.2) is 10.2 Å². The summed E-state index contributed by atoms with van der Waals surface area (Å²) in [7, 11) is 0. The molecule has 2 nitrogen and oxygen atoms in total. The van der Waals surface area contributed by atoms with Crippen molar-refractivity contribution >= 4 is 16.8 Å². The number of nitrogens with zero attached hydrogens (tertiary/aromatic N) is 1. The Balaban J connectivity index is 3.00. The molecule has 10 heavy (non-hydrogen) atoms. The second-order valence-electron chi connectivity index (χ2n) is 1.99. The van der Waals surface area contributed by atoms with Gasteiger partial charge in [0.15, 0.2) is 0 Å². The maximum absolute atomic E-state index is 10.5. The highest BCUT2D eigenvalue weighted by atomic mass is 35.5. The molecule has 0 atom stereocenters. The van der Waals surface area contributed by atoms with Crippen LogP contribution >= 0.6 is 11.6 Å². The van der Waals surface area contributed by atoms with Crippen LogP contribution < -0.4 is 0 Å². The van der Waals surface area contributed by atoms with Crippen LogP contribution in [0.25, 0.3) is 0 Å². The van der Waals surface area contributed by atoms with Gasteiger partial charge >= 0.3 is 0 Å². The fourth-order valence-corrected chi connectivity index (χ4v) is 0.696. The van der Waals surface area contributed by atoms with Gasteiger partial charge in [0.05, 0.1) is 0 Å². The standard InChI is InChI=1S/C7H6ClNO/c1-5-2-3-6(7(8)10)9-4-5/h2-4H,1H3. The molecular weight excluding hydrogens is 150 g/mol. The summed E-state index contributed by atoms with van der Waals surface area (Å²) in [6.45, 7) is 1.90. The lowest BCUT2D eigenvalue weighted by Gasteiger charge is -1.91. The maximum atomic E-state index is 10.5. The van der Waals surface area contributed by atoms with E-state index in [-0.39, 0.29) is 0 Å². The molecule has 0 aromatic carbocycles. The third kappa shape index (κ3) is 1.54. The first-order valence-electron chi connectivity index (χ1n) is 2.82. The zero-order valence-corrected chi connectivity index (χ0v) is 6.22. The van der Waals surface area contributed by atoms with Gasteiger partial charge in [0.2, 0.25) is 0 Å². The summed E-state index contributed by atoms with van der Waals surface area (Å²) in [4.78, 5) is 14.3. The van der Waals surface area contributed by atoms with Crippen molar-refractivity contribution in [2.24, 2.45) is 0 Å². The average Bonchev–Trinajstić information content (AvgIpc) is 1.88. The number of aromatic nitrogens is 1. The highest BCUT2D eigenvalue weighted by Gasteiger charge is 1.99. The van der Waals surface area contributed by atoms with Gasteiger partial charge in [0.1, 0.15) is 5.69 Å². The summed E-state index contributed by atoms with van der Waals surface area (Å²) >= 11 is 5.15. The monoisotopic (exact) mass is 155 g/mol. The van der Waals surface area contributed by atoms with Gasteiger partial charge < -0.3 is 0 Å². The molecule has 0 N–H and O–H groups in total. The van der Waals surface area contributed by atoms with Gasteiger partial charge in [-0.1, -0.05) is 6.07 Å². The normalized spacial score (nSPS) is 9.40. The Bertz CT molecular complexity index is 242. The van der Waals surface area contributed by atoms with Crippen molar-refractivity contribution in [2.75, 3.05) is 0 Å². The van der Waals surface area contributed by atoms with Gasteiger partial charge in [0.25, 0.3) is 5.24 Å². The minimum Gasteiger partial charge on any atom is -0.274 e. The third-order valence-electron chi connectivity index (χ3n) is 1.11. The highest BCUT2D eigenvalue weighted by molar-refractivity contribution is 6.67. The summed E-state index contributed by atoms with van der Waals surface area (Å²) in [6.07, 6.45) is 1.61. The largest absolute Gasteiger partial charge is 0.274 e. The summed E-state index contributed by atoms with van der Waals surface area (Å²) in [5.74, 6) is 0. The summed E-state index contributed by atoms with van der Waals surface area (Å²) in [5.41, 5.74) is 1.31. The molecule has 0 unspecified atom stereocenters. The van der Waals surface area contributed by atoms with Crippen molar-refractivity contribution in [3.8, 4) is 0 Å². The number of hydrogen-bond acceptors (Lipinski definition) is 2. The number of hydrogen-bond donors (Lipinski definition) is 0. The van der Waals surface area contributed by atoms with E-state index in [2.05, 4.69) is 4.98 Å². The number of rotatable bonds is 1. The van der Waals surface area contributed by atoms with Crippen LogP contribution in [0.4, 0.5) is 0 Å². The molecule has 3 heteroatoms. The first-order valence-corrected chi connectivity index (χ1v) is 3.20. The molecule has 1 heterocycles. The van der Waals surface area contributed by atoms with Gasteiger partial charge in [-0.05, 0) is 30.2 Å². The molecule has 0 amide bonds. The molecule has 1 aromatic heterocycles. The van der Waals surface area contributed by atoms with E-state index in [9.17, 15) is 4.79 Å². The molecule has 0 spiro atoms. The first-order chi connectivity index (χ1) is 4.70. The van der Waals surface area contributed by atoms with Crippen molar-refractivity contribution < 1.29 is 4.79 Å². The van der Waals surface area contributed by atoms with E-state index >= 15 is 0 Å². The lowest BCUT2D eigenvalue weighted by atomic mass is 10.3. The number of carbonyl (C=O) groups excluding carboxylic acids is 1. The molecular formula is C7H6ClNO. The highest BCUT2D eigenvalue weighted by Crippen LogP contribution is 2.00. The van der Waals surface area contributed by atoms with E-state index in [4.69, 9.17) is 11.6 Å². The fourth-order valence-electron chi connectivity index (χ4n) is 0.584. The summed E-state index contributed by atoms with van der Waals surface area (Å²) < 4.78 is 0. The number of halogens is 1. The maximum Gasteiger partial charge on any atom is 0.270 e. The van der Waals surface area contributed by atoms with Gasteiger partial charge in [-0.25, -0.2) is 0 Å². The van der Waals surface area contributed by atoms with Crippen molar-refractivity contribution in [3.05, 3.63) is 29.6 Å². The Morgan fingerprint density at radius 2 is 2.30 bits per heavy atom.